The van der Waals surface area contributed by atoms with Crippen LogP contribution in [0.4, 0.5) is 0 Å². The number of benzene rings is 1. The van der Waals surface area contributed by atoms with Crippen LogP contribution in [-0.4, -0.2) is 20.3 Å². The molecular formula is C19H17N5O2. The summed E-state index contributed by atoms with van der Waals surface area (Å²) in [4.78, 5) is 8.58. The Morgan fingerprint density at radius 2 is 1.92 bits per heavy atom. The first kappa shape index (κ1) is 16.2. The zero-order valence-electron chi connectivity index (χ0n) is 14.2. The van der Waals surface area contributed by atoms with Gasteiger partial charge in [0.05, 0.1) is 6.20 Å². The molecular weight excluding hydrogens is 330 g/mol. The van der Waals surface area contributed by atoms with Crippen LogP contribution in [0.3, 0.4) is 0 Å². The van der Waals surface area contributed by atoms with Gasteiger partial charge in [-0.15, -0.1) is 0 Å². The average Bonchev–Trinajstić information content (AvgIpc) is 3.13. The summed E-state index contributed by atoms with van der Waals surface area (Å²) in [5.74, 6) is 1.24. The van der Waals surface area contributed by atoms with Crippen molar-refractivity contribution < 1.29 is 9.37 Å². The van der Waals surface area contributed by atoms with E-state index in [0.29, 0.717) is 24.7 Å². The van der Waals surface area contributed by atoms with Gasteiger partial charge in [-0.3, -0.25) is 4.98 Å². The Hall–Kier alpha value is -3.32. The summed E-state index contributed by atoms with van der Waals surface area (Å²) < 4.78 is 10.6. The van der Waals surface area contributed by atoms with Gasteiger partial charge in [0.25, 0.3) is 0 Å². The lowest BCUT2D eigenvalue weighted by molar-refractivity contribution is 0.315. The lowest BCUT2D eigenvalue weighted by atomic mass is 10.2. The minimum atomic E-state index is 0.571. The molecule has 0 spiro atoms. The molecule has 0 aliphatic heterocycles. The molecule has 0 fully saturated rings. The molecule has 7 nitrogen and oxygen atoms in total. The Morgan fingerprint density at radius 3 is 2.81 bits per heavy atom. The molecule has 0 radical (unpaired) electrons. The fourth-order valence-corrected chi connectivity index (χ4v) is 2.56. The minimum Gasteiger partial charge on any atom is -0.437 e. The van der Waals surface area contributed by atoms with E-state index in [9.17, 15) is 0 Å². The molecule has 7 heteroatoms. The summed E-state index contributed by atoms with van der Waals surface area (Å²) in [6.45, 7) is 3.24. The summed E-state index contributed by atoms with van der Waals surface area (Å²) in [6.07, 6.45) is 3.41. The molecule has 4 rings (SSSR count). The maximum atomic E-state index is 5.87. The number of fused-ring (bicyclic) bond motifs is 1. The predicted molar refractivity (Wildman–Crippen MR) is 95.6 cm³/mol. The Morgan fingerprint density at radius 1 is 1.00 bits per heavy atom. The molecule has 0 aliphatic rings. The molecule has 130 valence electrons. The van der Waals surface area contributed by atoms with E-state index in [-0.39, 0.29) is 0 Å². The van der Waals surface area contributed by atoms with Gasteiger partial charge in [-0.05, 0) is 53.1 Å². The molecule has 26 heavy (non-hydrogen) atoms. The first-order valence-corrected chi connectivity index (χ1v) is 8.24. The molecule has 0 saturated heterocycles. The second-order valence-electron chi connectivity index (χ2n) is 5.90. The van der Waals surface area contributed by atoms with Gasteiger partial charge in [-0.25, -0.2) is 9.61 Å². The van der Waals surface area contributed by atoms with Crippen LogP contribution in [0, 0.1) is 6.92 Å². The minimum absolute atomic E-state index is 0.571. The lowest BCUT2D eigenvalue weighted by Crippen LogP contribution is -2.13. The standard InChI is InChI=1S/C19H17N5O2/c1-13-4-6-16(12-22-13)25-19-15(3-2-8-21-19)11-20-10-14-5-7-17-18(9-14)24-26-23-17/h2-9,12,20H,10-11H2,1H3. The van der Waals surface area contributed by atoms with Gasteiger partial charge in [0, 0.05) is 30.5 Å². The van der Waals surface area contributed by atoms with Crippen molar-refractivity contribution in [1.29, 1.82) is 0 Å². The van der Waals surface area contributed by atoms with Gasteiger partial charge in [0.15, 0.2) is 0 Å². The van der Waals surface area contributed by atoms with Gasteiger partial charge in [-0.2, -0.15) is 0 Å². The first-order chi connectivity index (χ1) is 12.8. The molecule has 0 amide bonds. The Balaban J connectivity index is 1.42. The van der Waals surface area contributed by atoms with Gasteiger partial charge >= 0.3 is 0 Å². The summed E-state index contributed by atoms with van der Waals surface area (Å²) in [5, 5.41) is 11.1. The van der Waals surface area contributed by atoms with Crippen LogP contribution in [0.1, 0.15) is 16.8 Å². The lowest BCUT2D eigenvalue weighted by Gasteiger charge is -2.11. The van der Waals surface area contributed by atoms with Crippen LogP contribution in [0.2, 0.25) is 0 Å². The SMILES string of the molecule is Cc1ccc(Oc2ncccc2CNCc2ccc3nonc3c2)cn1. The van der Waals surface area contributed by atoms with E-state index < -0.39 is 0 Å². The van der Waals surface area contributed by atoms with Crippen molar-refractivity contribution in [3.63, 3.8) is 0 Å². The topological polar surface area (TPSA) is 86.0 Å². The summed E-state index contributed by atoms with van der Waals surface area (Å²) in [7, 11) is 0. The van der Waals surface area contributed by atoms with E-state index in [1.54, 1.807) is 12.4 Å². The van der Waals surface area contributed by atoms with Crippen molar-refractivity contribution in [3.05, 3.63) is 71.7 Å². The molecule has 0 atom stereocenters. The van der Waals surface area contributed by atoms with Crippen LogP contribution >= 0.6 is 0 Å². The van der Waals surface area contributed by atoms with Crippen LogP contribution < -0.4 is 10.1 Å². The largest absolute Gasteiger partial charge is 0.437 e. The highest BCUT2D eigenvalue weighted by Gasteiger charge is 2.07. The smallest absolute Gasteiger partial charge is 0.223 e. The van der Waals surface area contributed by atoms with Crippen LogP contribution in [0.25, 0.3) is 11.0 Å². The predicted octanol–water partition coefficient (Wildman–Crippen LogP) is 3.40. The number of hydrogen-bond acceptors (Lipinski definition) is 7. The third-order valence-corrected chi connectivity index (χ3v) is 3.91. The van der Waals surface area contributed by atoms with Gasteiger partial charge in [0.2, 0.25) is 5.88 Å². The molecule has 0 unspecified atom stereocenters. The maximum absolute atomic E-state index is 5.87. The normalized spacial score (nSPS) is 11.0. The highest BCUT2D eigenvalue weighted by molar-refractivity contribution is 5.73. The molecule has 0 saturated carbocycles. The zero-order chi connectivity index (χ0) is 17.8. The second-order valence-corrected chi connectivity index (χ2v) is 5.90. The first-order valence-electron chi connectivity index (χ1n) is 8.24. The molecule has 1 aromatic carbocycles. The van der Waals surface area contributed by atoms with E-state index >= 15 is 0 Å². The summed E-state index contributed by atoms with van der Waals surface area (Å²) >= 11 is 0. The van der Waals surface area contributed by atoms with E-state index in [2.05, 4.69) is 25.6 Å². The van der Waals surface area contributed by atoms with Crippen molar-refractivity contribution in [2.45, 2.75) is 20.0 Å². The number of nitrogens with one attached hydrogen (secondary N) is 1. The molecule has 3 heterocycles. The number of aromatic nitrogens is 4. The highest BCUT2D eigenvalue weighted by Crippen LogP contribution is 2.22. The van der Waals surface area contributed by atoms with Crippen LogP contribution in [0.5, 0.6) is 11.6 Å². The van der Waals surface area contributed by atoms with Crippen molar-refractivity contribution in [1.82, 2.24) is 25.6 Å². The van der Waals surface area contributed by atoms with E-state index in [1.807, 2.05) is 49.4 Å². The number of rotatable bonds is 6. The van der Waals surface area contributed by atoms with Crippen molar-refractivity contribution in [3.8, 4) is 11.6 Å². The Labute approximate surface area is 150 Å². The Kier molecular flexibility index (Phi) is 4.53. The fourth-order valence-electron chi connectivity index (χ4n) is 2.56. The molecule has 3 aromatic heterocycles. The Bertz CT molecular complexity index is 1010. The van der Waals surface area contributed by atoms with E-state index in [0.717, 1.165) is 27.9 Å². The summed E-state index contributed by atoms with van der Waals surface area (Å²) in [5.41, 5.74) is 4.52. The molecule has 0 aliphatic carbocycles. The summed E-state index contributed by atoms with van der Waals surface area (Å²) in [6, 6.07) is 13.5. The molecule has 4 aromatic rings. The number of pyridine rings is 2. The number of nitrogens with zero attached hydrogens (tertiary/aromatic N) is 4. The van der Waals surface area contributed by atoms with E-state index in [1.165, 1.54) is 0 Å². The number of ether oxygens (including phenoxy) is 1. The van der Waals surface area contributed by atoms with E-state index in [4.69, 9.17) is 9.37 Å². The van der Waals surface area contributed by atoms with Crippen molar-refractivity contribution in [2.75, 3.05) is 0 Å². The average molecular weight is 347 g/mol. The molecule has 1 N–H and O–H groups in total. The van der Waals surface area contributed by atoms with Gasteiger partial charge in [0.1, 0.15) is 16.8 Å². The van der Waals surface area contributed by atoms with Gasteiger partial charge < -0.3 is 10.1 Å². The quantitative estimate of drug-likeness (QED) is 0.572. The second kappa shape index (κ2) is 7.28. The van der Waals surface area contributed by atoms with Crippen LogP contribution in [-0.2, 0) is 13.1 Å². The number of hydrogen-bond donors (Lipinski definition) is 1. The number of aryl methyl sites for hydroxylation is 1. The highest BCUT2D eigenvalue weighted by atomic mass is 16.6. The fraction of sp³-hybridized carbons (Fsp3) is 0.158. The van der Waals surface area contributed by atoms with Crippen LogP contribution in [0.15, 0.2) is 59.5 Å². The van der Waals surface area contributed by atoms with Crippen molar-refractivity contribution in [2.24, 2.45) is 0 Å². The van der Waals surface area contributed by atoms with Gasteiger partial charge in [-0.1, -0.05) is 12.1 Å². The van der Waals surface area contributed by atoms with Crippen molar-refractivity contribution >= 4 is 11.0 Å². The third kappa shape index (κ3) is 3.68. The molecule has 0 bridgehead atoms. The maximum Gasteiger partial charge on any atom is 0.223 e. The monoisotopic (exact) mass is 347 g/mol. The third-order valence-electron chi connectivity index (χ3n) is 3.91. The zero-order valence-corrected chi connectivity index (χ0v) is 14.2.